The number of ether oxygens (including phenoxy) is 2. The highest BCUT2D eigenvalue weighted by molar-refractivity contribution is 7.99. The molecule has 0 bridgehead atoms. The van der Waals surface area contributed by atoms with Crippen LogP contribution in [0.2, 0.25) is 0 Å². The first-order valence-corrected chi connectivity index (χ1v) is 9.35. The number of rotatable bonds is 5. The molecule has 134 valence electrons. The third-order valence-electron chi connectivity index (χ3n) is 4.23. The minimum Gasteiger partial charge on any atom is -0.454 e. The zero-order chi connectivity index (χ0) is 18.1. The van der Waals surface area contributed by atoms with Gasteiger partial charge in [-0.1, -0.05) is 23.9 Å². The van der Waals surface area contributed by atoms with Crippen LogP contribution in [0.15, 0.2) is 41.6 Å². The van der Waals surface area contributed by atoms with E-state index in [2.05, 4.69) is 15.3 Å². The van der Waals surface area contributed by atoms with E-state index in [1.165, 1.54) is 17.3 Å². The Kier molecular flexibility index (Phi) is 4.46. The number of benzene rings is 2. The summed E-state index contributed by atoms with van der Waals surface area (Å²) in [6.07, 6.45) is 0. The first-order chi connectivity index (χ1) is 12.6. The topological polar surface area (TPSA) is 76.2 Å². The molecule has 0 spiro atoms. The summed E-state index contributed by atoms with van der Waals surface area (Å²) in [5.41, 5.74) is 4.05. The number of aromatic nitrogens is 2. The average Bonchev–Trinajstić information content (AvgIpc) is 3.24. The molecular weight excluding hydrogens is 350 g/mol. The molecule has 6 nitrogen and oxygen atoms in total. The van der Waals surface area contributed by atoms with Gasteiger partial charge in [-0.25, -0.2) is 4.98 Å². The maximum absolute atomic E-state index is 12.3. The van der Waals surface area contributed by atoms with E-state index in [1.54, 1.807) is 0 Å². The van der Waals surface area contributed by atoms with Gasteiger partial charge in [-0.05, 0) is 49.2 Å². The normalized spacial score (nSPS) is 13.8. The molecule has 0 aliphatic carbocycles. The first-order valence-electron chi connectivity index (χ1n) is 8.36. The van der Waals surface area contributed by atoms with Crippen LogP contribution in [0, 0.1) is 6.92 Å². The van der Waals surface area contributed by atoms with Gasteiger partial charge in [0.1, 0.15) is 0 Å². The van der Waals surface area contributed by atoms with Gasteiger partial charge in [0, 0.05) is 0 Å². The molecule has 1 unspecified atom stereocenters. The largest absolute Gasteiger partial charge is 0.454 e. The maximum Gasteiger partial charge on any atom is 0.231 e. The van der Waals surface area contributed by atoms with Gasteiger partial charge in [-0.3, -0.25) is 4.79 Å². The number of amides is 1. The lowest BCUT2D eigenvalue weighted by molar-refractivity contribution is -0.119. The summed E-state index contributed by atoms with van der Waals surface area (Å²) < 4.78 is 10.7. The number of carbonyl (C=O) groups excluding carboxylic acids is 1. The summed E-state index contributed by atoms with van der Waals surface area (Å²) in [6.45, 7) is 4.23. The number of thioether (sulfide) groups is 1. The van der Waals surface area contributed by atoms with Gasteiger partial charge in [0.05, 0.1) is 22.8 Å². The van der Waals surface area contributed by atoms with Crippen molar-refractivity contribution in [2.24, 2.45) is 0 Å². The molecule has 1 aliphatic rings. The van der Waals surface area contributed by atoms with Crippen LogP contribution in [-0.4, -0.2) is 28.4 Å². The highest BCUT2D eigenvalue weighted by Gasteiger charge is 2.17. The Balaban J connectivity index is 1.35. The number of hydrogen-bond donors (Lipinski definition) is 2. The van der Waals surface area contributed by atoms with Crippen LogP contribution < -0.4 is 14.8 Å². The fourth-order valence-electron chi connectivity index (χ4n) is 2.85. The molecule has 0 radical (unpaired) electrons. The molecule has 2 N–H and O–H groups in total. The van der Waals surface area contributed by atoms with E-state index in [0.717, 1.165) is 33.3 Å². The lowest BCUT2D eigenvalue weighted by Crippen LogP contribution is -2.28. The van der Waals surface area contributed by atoms with E-state index in [-0.39, 0.29) is 18.7 Å². The number of carbonyl (C=O) groups is 1. The second-order valence-corrected chi connectivity index (χ2v) is 7.22. The quantitative estimate of drug-likeness (QED) is 0.673. The minimum atomic E-state index is -0.115. The summed E-state index contributed by atoms with van der Waals surface area (Å²) >= 11 is 1.39. The number of H-pyrrole nitrogens is 1. The van der Waals surface area contributed by atoms with Gasteiger partial charge in [0.15, 0.2) is 16.7 Å². The number of nitrogens with zero attached hydrogens (tertiary/aromatic N) is 1. The fraction of sp³-hybridized carbons (Fsp3) is 0.263. The standard InChI is InChI=1S/C19H19N3O3S/c1-11-3-5-14-15(7-11)22-19(21-14)26-9-18(23)20-12(2)13-4-6-16-17(8-13)25-10-24-16/h3-8,12H,9-10H2,1-2H3,(H,20,23)(H,21,22). The van der Waals surface area contributed by atoms with Gasteiger partial charge in [-0.2, -0.15) is 0 Å². The number of hydrogen-bond acceptors (Lipinski definition) is 5. The van der Waals surface area contributed by atoms with Crippen molar-refractivity contribution in [2.75, 3.05) is 12.5 Å². The minimum absolute atomic E-state index is 0.0446. The van der Waals surface area contributed by atoms with E-state index >= 15 is 0 Å². The Morgan fingerprint density at radius 2 is 2.12 bits per heavy atom. The van der Waals surface area contributed by atoms with Crippen LogP contribution in [0.25, 0.3) is 11.0 Å². The zero-order valence-corrected chi connectivity index (χ0v) is 15.4. The Hall–Kier alpha value is -2.67. The second kappa shape index (κ2) is 6.92. The predicted molar refractivity (Wildman–Crippen MR) is 101 cm³/mol. The van der Waals surface area contributed by atoms with Gasteiger partial charge in [0.25, 0.3) is 0 Å². The number of aryl methyl sites for hydroxylation is 1. The molecular formula is C19H19N3O3S. The van der Waals surface area contributed by atoms with Crippen LogP contribution in [0.3, 0.4) is 0 Å². The van der Waals surface area contributed by atoms with Crippen LogP contribution in [0.1, 0.15) is 24.1 Å². The molecule has 26 heavy (non-hydrogen) atoms. The summed E-state index contributed by atoms with van der Waals surface area (Å²) in [6, 6.07) is 11.6. The number of aromatic amines is 1. The summed E-state index contributed by atoms with van der Waals surface area (Å²) in [5.74, 6) is 1.71. The Labute approximate surface area is 155 Å². The van der Waals surface area contributed by atoms with Crippen molar-refractivity contribution in [3.05, 3.63) is 47.5 Å². The van der Waals surface area contributed by atoms with Crippen molar-refractivity contribution in [2.45, 2.75) is 25.0 Å². The molecule has 1 aromatic heterocycles. The lowest BCUT2D eigenvalue weighted by Gasteiger charge is -2.14. The van der Waals surface area contributed by atoms with Crippen molar-refractivity contribution in [1.82, 2.24) is 15.3 Å². The van der Waals surface area contributed by atoms with Gasteiger partial charge < -0.3 is 19.8 Å². The molecule has 0 saturated carbocycles. The van der Waals surface area contributed by atoms with Crippen LogP contribution >= 0.6 is 11.8 Å². The Morgan fingerprint density at radius 1 is 1.27 bits per heavy atom. The van der Waals surface area contributed by atoms with Crippen molar-refractivity contribution in [1.29, 1.82) is 0 Å². The van der Waals surface area contributed by atoms with E-state index in [0.29, 0.717) is 5.75 Å². The third-order valence-corrected chi connectivity index (χ3v) is 5.10. The second-order valence-electron chi connectivity index (χ2n) is 6.25. The Bertz CT molecular complexity index is 970. The third kappa shape index (κ3) is 3.48. The van der Waals surface area contributed by atoms with E-state index in [1.807, 2.05) is 50.2 Å². The summed E-state index contributed by atoms with van der Waals surface area (Å²) in [4.78, 5) is 20.0. The first kappa shape index (κ1) is 16.8. The zero-order valence-electron chi connectivity index (χ0n) is 14.5. The lowest BCUT2D eigenvalue weighted by atomic mass is 10.1. The van der Waals surface area contributed by atoms with Gasteiger partial charge >= 0.3 is 0 Å². The molecule has 4 rings (SSSR count). The average molecular weight is 369 g/mol. The van der Waals surface area contributed by atoms with Gasteiger partial charge in [-0.15, -0.1) is 0 Å². The van der Waals surface area contributed by atoms with E-state index < -0.39 is 0 Å². The smallest absolute Gasteiger partial charge is 0.231 e. The maximum atomic E-state index is 12.3. The highest BCUT2D eigenvalue weighted by Crippen LogP contribution is 2.34. The van der Waals surface area contributed by atoms with Crippen molar-refractivity contribution in [3.63, 3.8) is 0 Å². The van der Waals surface area contributed by atoms with Crippen molar-refractivity contribution < 1.29 is 14.3 Å². The summed E-state index contributed by atoms with van der Waals surface area (Å²) in [7, 11) is 0. The molecule has 1 atom stereocenters. The van der Waals surface area contributed by atoms with Crippen LogP contribution in [0.5, 0.6) is 11.5 Å². The Morgan fingerprint density at radius 3 is 3.00 bits per heavy atom. The predicted octanol–water partition coefficient (Wildman–Crippen LogP) is 3.57. The molecule has 0 saturated heterocycles. The molecule has 0 fully saturated rings. The molecule has 2 aromatic carbocycles. The number of nitrogens with one attached hydrogen (secondary N) is 2. The fourth-order valence-corrected chi connectivity index (χ4v) is 3.55. The molecule has 1 aliphatic heterocycles. The highest BCUT2D eigenvalue weighted by atomic mass is 32.2. The summed E-state index contributed by atoms with van der Waals surface area (Å²) in [5, 5.41) is 3.75. The molecule has 2 heterocycles. The van der Waals surface area contributed by atoms with E-state index in [9.17, 15) is 4.79 Å². The van der Waals surface area contributed by atoms with E-state index in [4.69, 9.17) is 9.47 Å². The van der Waals surface area contributed by atoms with Crippen molar-refractivity contribution in [3.8, 4) is 11.5 Å². The molecule has 7 heteroatoms. The van der Waals surface area contributed by atoms with Crippen LogP contribution in [-0.2, 0) is 4.79 Å². The SMILES string of the molecule is Cc1ccc2nc(SCC(=O)NC(C)c3ccc4c(c3)OCO4)[nH]c2c1. The van der Waals surface area contributed by atoms with Crippen molar-refractivity contribution >= 4 is 28.7 Å². The monoisotopic (exact) mass is 369 g/mol. The number of imidazole rings is 1. The van der Waals surface area contributed by atoms with Gasteiger partial charge in [0.2, 0.25) is 12.7 Å². The molecule has 1 amide bonds. The number of fused-ring (bicyclic) bond motifs is 2. The van der Waals surface area contributed by atoms with Crippen LogP contribution in [0.4, 0.5) is 0 Å². The molecule has 3 aromatic rings.